The zero-order chi connectivity index (χ0) is 9.68. The zero-order valence-corrected chi connectivity index (χ0v) is 7.92. The lowest BCUT2D eigenvalue weighted by Gasteiger charge is -2.06. The Morgan fingerprint density at radius 1 is 1.38 bits per heavy atom. The molecular weight excluding hydrogens is 164 g/mol. The molecule has 1 amide bonds. The van der Waals surface area contributed by atoms with Crippen molar-refractivity contribution in [1.29, 1.82) is 0 Å². The Labute approximate surface area is 78.1 Å². The van der Waals surface area contributed by atoms with Crippen molar-refractivity contribution in [2.24, 2.45) is 0 Å². The van der Waals surface area contributed by atoms with Crippen LogP contribution in [0.3, 0.4) is 0 Å². The largest absolute Gasteiger partial charge is 0.288 e. The molecule has 2 N–H and O–H groups in total. The minimum absolute atomic E-state index is 0.0834. The van der Waals surface area contributed by atoms with Gasteiger partial charge in [-0.2, -0.15) is 0 Å². The number of benzene rings is 1. The smallest absolute Gasteiger partial charge is 0.265 e. The van der Waals surface area contributed by atoms with Gasteiger partial charge in [0.2, 0.25) is 0 Å². The number of hydrazine groups is 1. The molecule has 0 bridgehead atoms. The van der Waals surface area contributed by atoms with Crippen molar-refractivity contribution in [3.63, 3.8) is 0 Å². The Morgan fingerprint density at radius 3 is 2.69 bits per heavy atom. The number of nitrogens with one attached hydrogen (secondary N) is 2. The molecule has 0 aliphatic carbocycles. The minimum Gasteiger partial charge on any atom is -0.288 e. The summed E-state index contributed by atoms with van der Waals surface area (Å²) in [5.41, 5.74) is 6.97. The summed E-state index contributed by atoms with van der Waals surface area (Å²) in [6.07, 6.45) is 0.868. The van der Waals surface area contributed by atoms with Crippen molar-refractivity contribution in [3.8, 4) is 0 Å². The summed E-state index contributed by atoms with van der Waals surface area (Å²) in [5.74, 6) is -0.0834. The highest BCUT2D eigenvalue weighted by Gasteiger charge is 2.07. The normalized spacial score (nSPS) is 9.69. The van der Waals surface area contributed by atoms with Gasteiger partial charge in [-0.3, -0.25) is 10.2 Å². The third-order valence-corrected chi connectivity index (χ3v) is 1.88. The van der Waals surface area contributed by atoms with Gasteiger partial charge >= 0.3 is 0 Å². The van der Waals surface area contributed by atoms with Gasteiger partial charge < -0.3 is 0 Å². The van der Waals surface area contributed by atoms with Crippen LogP contribution in [0.15, 0.2) is 24.3 Å². The fourth-order valence-corrected chi connectivity index (χ4v) is 1.23. The highest BCUT2D eigenvalue weighted by molar-refractivity contribution is 5.95. The molecule has 1 rings (SSSR count). The Bertz CT molecular complexity index is 297. The first-order valence-electron chi connectivity index (χ1n) is 4.34. The van der Waals surface area contributed by atoms with Gasteiger partial charge in [-0.05, 0) is 18.1 Å². The van der Waals surface area contributed by atoms with E-state index in [1.165, 1.54) is 0 Å². The average Bonchev–Trinajstić information content (AvgIpc) is 2.18. The second-order valence-corrected chi connectivity index (χ2v) is 2.71. The van der Waals surface area contributed by atoms with Crippen LogP contribution in [0.5, 0.6) is 0 Å². The predicted octanol–water partition coefficient (Wildman–Crippen LogP) is 1.11. The first kappa shape index (κ1) is 9.74. The Morgan fingerprint density at radius 2 is 2.08 bits per heavy atom. The number of hydrogen-bond acceptors (Lipinski definition) is 2. The summed E-state index contributed by atoms with van der Waals surface area (Å²) in [5, 5.41) is 0. The van der Waals surface area contributed by atoms with E-state index in [0.717, 1.165) is 17.5 Å². The number of carbonyl (C=O) groups excluding carboxylic acids is 1. The summed E-state index contributed by atoms with van der Waals surface area (Å²) >= 11 is 0. The molecule has 0 saturated carbocycles. The third-order valence-electron chi connectivity index (χ3n) is 1.88. The number of rotatable bonds is 3. The molecule has 13 heavy (non-hydrogen) atoms. The SMILES string of the molecule is CCc1ccccc1C(=O)NNC. The summed E-state index contributed by atoms with van der Waals surface area (Å²) in [6.45, 7) is 2.03. The number of carbonyl (C=O) groups is 1. The van der Waals surface area contributed by atoms with Crippen LogP contribution in [0, 0.1) is 0 Å². The van der Waals surface area contributed by atoms with Crippen molar-refractivity contribution in [1.82, 2.24) is 10.9 Å². The van der Waals surface area contributed by atoms with E-state index >= 15 is 0 Å². The molecule has 3 heteroatoms. The molecular formula is C10H14N2O. The quantitative estimate of drug-likeness (QED) is 0.681. The molecule has 0 spiro atoms. The minimum atomic E-state index is -0.0834. The van der Waals surface area contributed by atoms with E-state index in [4.69, 9.17) is 0 Å². The zero-order valence-electron chi connectivity index (χ0n) is 7.92. The monoisotopic (exact) mass is 178 g/mol. The van der Waals surface area contributed by atoms with Gasteiger partial charge in [0.15, 0.2) is 0 Å². The van der Waals surface area contributed by atoms with Gasteiger partial charge in [0.25, 0.3) is 5.91 Å². The van der Waals surface area contributed by atoms with Crippen LogP contribution in [0.1, 0.15) is 22.8 Å². The number of hydrogen-bond donors (Lipinski definition) is 2. The van der Waals surface area contributed by atoms with Crippen molar-refractivity contribution in [2.45, 2.75) is 13.3 Å². The molecule has 1 aromatic carbocycles. The first-order valence-corrected chi connectivity index (χ1v) is 4.34. The Hall–Kier alpha value is -1.35. The van der Waals surface area contributed by atoms with Crippen molar-refractivity contribution >= 4 is 5.91 Å². The molecule has 0 heterocycles. The van der Waals surface area contributed by atoms with Crippen LogP contribution >= 0.6 is 0 Å². The van der Waals surface area contributed by atoms with E-state index < -0.39 is 0 Å². The van der Waals surface area contributed by atoms with Crippen LogP contribution in [-0.4, -0.2) is 13.0 Å². The maximum Gasteiger partial charge on any atom is 0.265 e. The topological polar surface area (TPSA) is 41.1 Å². The van der Waals surface area contributed by atoms with E-state index in [-0.39, 0.29) is 5.91 Å². The lowest BCUT2D eigenvalue weighted by Crippen LogP contribution is -2.34. The van der Waals surface area contributed by atoms with Crippen molar-refractivity contribution in [3.05, 3.63) is 35.4 Å². The maximum atomic E-state index is 11.5. The number of aryl methyl sites for hydroxylation is 1. The van der Waals surface area contributed by atoms with Crippen molar-refractivity contribution in [2.75, 3.05) is 7.05 Å². The van der Waals surface area contributed by atoms with Crippen LogP contribution in [0.4, 0.5) is 0 Å². The maximum absolute atomic E-state index is 11.5. The molecule has 0 aromatic heterocycles. The van der Waals surface area contributed by atoms with Gasteiger partial charge in [0, 0.05) is 12.6 Å². The predicted molar refractivity (Wildman–Crippen MR) is 52.3 cm³/mol. The Balaban J connectivity index is 2.92. The Kier molecular flexibility index (Phi) is 3.46. The summed E-state index contributed by atoms with van der Waals surface area (Å²) in [6, 6.07) is 7.59. The standard InChI is InChI=1S/C10H14N2O/c1-3-8-6-4-5-7-9(8)10(13)12-11-2/h4-7,11H,3H2,1-2H3,(H,12,13). The lowest BCUT2D eigenvalue weighted by molar-refractivity contribution is 0.0937. The van der Waals surface area contributed by atoms with E-state index in [1.807, 2.05) is 31.2 Å². The van der Waals surface area contributed by atoms with Crippen LogP contribution < -0.4 is 10.9 Å². The van der Waals surface area contributed by atoms with Gasteiger partial charge in [-0.1, -0.05) is 25.1 Å². The number of amides is 1. The second kappa shape index (κ2) is 4.62. The van der Waals surface area contributed by atoms with Gasteiger partial charge in [-0.15, -0.1) is 0 Å². The van der Waals surface area contributed by atoms with Crippen molar-refractivity contribution < 1.29 is 4.79 Å². The summed E-state index contributed by atoms with van der Waals surface area (Å²) < 4.78 is 0. The lowest BCUT2D eigenvalue weighted by atomic mass is 10.1. The molecule has 70 valence electrons. The summed E-state index contributed by atoms with van der Waals surface area (Å²) in [4.78, 5) is 11.5. The average molecular weight is 178 g/mol. The molecule has 1 aromatic rings. The molecule has 0 fully saturated rings. The second-order valence-electron chi connectivity index (χ2n) is 2.71. The molecule has 0 radical (unpaired) electrons. The highest BCUT2D eigenvalue weighted by Crippen LogP contribution is 2.08. The van der Waals surface area contributed by atoms with Gasteiger partial charge in [0.05, 0.1) is 0 Å². The molecule has 0 aliphatic heterocycles. The molecule has 0 aliphatic rings. The van der Waals surface area contributed by atoms with E-state index in [9.17, 15) is 4.79 Å². The van der Waals surface area contributed by atoms with E-state index in [0.29, 0.717) is 0 Å². The van der Waals surface area contributed by atoms with Gasteiger partial charge in [-0.25, -0.2) is 5.43 Å². The van der Waals surface area contributed by atoms with Crippen LogP contribution in [0.25, 0.3) is 0 Å². The summed E-state index contributed by atoms with van der Waals surface area (Å²) in [7, 11) is 1.67. The molecule has 0 unspecified atom stereocenters. The first-order chi connectivity index (χ1) is 6.29. The van der Waals surface area contributed by atoms with Crippen LogP contribution in [-0.2, 0) is 6.42 Å². The highest BCUT2D eigenvalue weighted by atomic mass is 16.2. The molecule has 0 atom stereocenters. The third kappa shape index (κ3) is 2.29. The van der Waals surface area contributed by atoms with Crippen LogP contribution in [0.2, 0.25) is 0 Å². The van der Waals surface area contributed by atoms with E-state index in [1.54, 1.807) is 7.05 Å². The fourth-order valence-electron chi connectivity index (χ4n) is 1.23. The molecule has 3 nitrogen and oxygen atoms in total. The van der Waals surface area contributed by atoms with Gasteiger partial charge in [0.1, 0.15) is 0 Å². The fraction of sp³-hybridized carbons (Fsp3) is 0.300. The van der Waals surface area contributed by atoms with E-state index in [2.05, 4.69) is 10.9 Å². The molecule has 0 saturated heterocycles.